The van der Waals surface area contributed by atoms with Gasteiger partial charge in [0.05, 0.1) is 0 Å². The van der Waals surface area contributed by atoms with Gasteiger partial charge >= 0.3 is 0 Å². The van der Waals surface area contributed by atoms with Crippen LogP contribution in [0.4, 0.5) is 0 Å². The zero-order chi connectivity index (χ0) is 13.0. The second kappa shape index (κ2) is 6.07. The molecular formula is C13H17ClN2O2. The number of nitrogens with zero attached hydrogens (tertiary/aromatic N) is 1. The van der Waals surface area contributed by atoms with E-state index in [-0.39, 0.29) is 12.5 Å². The highest BCUT2D eigenvalue weighted by atomic mass is 35.5. The average molecular weight is 269 g/mol. The molecule has 5 heteroatoms. The van der Waals surface area contributed by atoms with Gasteiger partial charge in [0.15, 0.2) is 6.61 Å². The molecule has 1 aliphatic heterocycles. The number of hydrogen-bond acceptors (Lipinski definition) is 3. The van der Waals surface area contributed by atoms with E-state index in [9.17, 15) is 4.79 Å². The van der Waals surface area contributed by atoms with Crippen LogP contribution in [0.5, 0.6) is 5.75 Å². The Morgan fingerprint density at radius 1 is 1.50 bits per heavy atom. The molecule has 1 N–H and O–H groups in total. The van der Waals surface area contributed by atoms with Crippen LogP contribution in [0.15, 0.2) is 24.3 Å². The number of amides is 1. The predicted octanol–water partition coefficient (Wildman–Crippen LogP) is 1.54. The van der Waals surface area contributed by atoms with Gasteiger partial charge in [-0.3, -0.25) is 4.79 Å². The molecule has 1 amide bonds. The maximum absolute atomic E-state index is 11.9. The van der Waals surface area contributed by atoms with E-state index in [1.54, 1.807) is 24.3 Å². The van der Waals surface area contributed by atoms with Crippen molar-refractivity contribution >= 4 is 17.5 Å². The molecule has 0 bridgehead atoms. The Bertz CT molecular complexity index is 408. The lowest BCUT2D eigenvalue weighted by atomic mass is 10.2. The molecule has 4 nitrogen and oxygen atoms in total. The van der Waals surface area contributed by atoms with Crippen molar-refractivity contribution in [2.45, 2.75) is 13.0 Å². The molecule has 1 atom stereocenters. The molecule has 98 valence electrons. The van der Waals surface area contributed by atoms with E-state index in [0.29, 0.717) is 16.8 Å². The monoisotopic (exact) mass is 268 g/mol. The van der Waals surface area contributed by atoms with Gasteiger partial charge in [-0.1, -0.05) is 11.6 Å². The number of rotatable bonds is 3. The molecule has 1 aliphatic rings. The van der Waals surface area contributed by atoms with Gasteiger partial charge in [-0.15, -0.1) is 0 Å². The molecule has 0 radical (unpaired) electrons. The smallest absolute Gasteiger partial charge is 0.260 e. The van der Waals surface area contributed by atoms with E-state index in [2.05, 4.69) is 12.2 Å². The number of ether oxygens (including phenoxy) is 1. The summed E-state index contributed by atoms with van der Waals surface area (Å²) in [6.45, 7) is 4.47. The lowest BCUT2D eigenvalue weighted by molar-refractivity contribution is -0.134. The quantitative estimate of drug-likeness (QED) is 0.904. The summed E-state index contributed by atoms with van der Waals surface area (Å²) in [6, 6.07) is 7.35. The Morgan fingerprint density at radius 2 is 2.22 bits per heavy atom. The summed E-state index contributed by atoms with van der Waals surface area (Å²) < 4.78 is 5.44. The first kappa shape index (κ1) is 13.2. The van der Waals surface area contributed by atoms with Crippen LogP contribution >= 0.6 is 11.6 Å². The summed E-state index contributed by atoms with van der Waals surface area (Å²) in [5.41, 5.74) is 0. The first-order chi connectivity index (χ1) is 8.65. The first-order valence-electron chi connectivity index (χ1n) is 6.04. The third kappa shape index (κ3) is 3.62. The molecule has 0 aliphatic carbocycles. The molecule has 1 aromatic rings. The maximum Gasteiger partial charge on any atom is 0.260 e. The fourth-order valence-electron chi connectivity index (χ4n) is 1.93. The molecule has 0 unspecified atom stereocenters. The predicted molar refractivity (Wildman–Crippen MR) is 71.0 cm³/mol. The van der Waals surface area contributed by atoms with E-state index in [1.165, 1.54) is 0 Å². The highest BCUT2D eigenvalue weighted by Crippen LogP contribution is 2.15. The molecule has 2 rings (SSSR count). The third-order valence-corrected chi connectivity index (χ3v) is 3.15. The highest BCUT2D eigenvalue weighted by Gasteiger charge is 2.20. The van der Waals surface area contributed by atoms with Gasteiger partial charge in [0.1, 0.15) is 5.75 Å². The second-order valence-corrected chi connectivity index (χ2v) is 4.87. The number of carbonyl (C=O) groups excluding carboxylic acids is 1. The van der Waals surface area contributed by atoms with Crippen LogP contribution in [0.1, 0.15) is 6.92 Å². The van der Waals surface area contributed by atoms with Crippen LogP contribution < -0.4 is 10.1 Å². The molecule has 0 saturated carbocycles. The lowest BCUT2D eigenvalue weighted by Crippen LogP contribution is -2.52. The Hall–Kier alpha value is -1.26. The third-order valence-electron chi connectivity index (χ3n) is 2.90. The molecule has 1 aromatic carbocycles. The summed E-state index contributed by atoms with van der Waals surface area (Å²) in [4.78, 5) is 13.8. The minimum absolute atomic E-state index is 0.0262. The van der Waals surface area contributed by atoms with Gasteiger partial charge in [-0.05, 0) is 31.2 Å². The zero-order valence-electron chi connectivity index (χ0n) is 10.4. The normalized spacial score (nSPS) is 19.7. The Labute approximate surface area is 112 Å². The maximum atomic E-state index is 11.9. The van der Waals surface area contributed by atoms with Crippen LogP contribution in [0.25, 0.3) is 0 Å². The van der Waals surface area contributed by atoms with Crippen molar-refractivity contribution in [3.63, 3.8) is 0 Å². The van der Waals surface area contributed by atoms with Crippen molar-refractivity contribution in [1.29, 1.82) is 0 Å². The van der Waals surface area contributed by atoms with Crippen molar-refractivity contribution in [3.8, 4) is 5.75 Å². The minimum atomic E-state index is 0.0262. The lowest BCUT2D eigenvalue weighted by Gasteiger charge is -2.31. The van der Waals surface area contributed by atoms with Crippen molar-refractivity contribution in [2.75, 3.05) is 26.2 Å². The number of nitrogens with one attached hydrogen (secondary N) is 1. The van der Waals surface area contributed by atoms with Crippen molar-refractivity contribution in [1.82, 2.24) is 10.2 Å². The van der Waals surface area contributed by atoms with E-state index >= 15 is 0 Å². The molecule has 1 heterocycles. The van der Waals surface area contributed by atoms with Crippen LogP contribution in [0.2, 0.25) is 5.02 Å². The van der Waals surface area contributed by atoms with Gasteiger partial charge < -0.3 is 15.0 Å². The van der Waals surface area contributed by atoms with Crippen molar-refractivity contribution in [2.24, 2.45) is 0 Å². The van der Waals surface area contributed by atoms with Gasteiger partial charge in [0, 0.05) is 30.7 Å². The van der Waals surface area contributed by atoms with E-state index in [0.717, 1.165) is 19.6 Å². The Kier molecular flexibility index (Phi) is 4.44. The van der Waals surface area contributed by atoms with Crippen molar-refractivity contribution < 1.29 is 9.53 Å². The molecule has 1 fully saturated rings. The Balaban J connectivity index is 1.82. The highest BCUT2D eigenvalue weighted by molar-refractivity contribution is 6.30. The SMILES string of the molecule is C[C@H]1CN(C(=O)COc2ccc(Cl)cc2)CCN1. The average Bonchev–Trinajstić information content (AvgIpc) is 2.38. The van der Waals surface area contributed by atoms with Gasteiger partial charge in [0.25, 0.3) is 5.91 Å². The summed E-state index contributed by atoms with van der Waals surface area (Å²) in [7, 11) is 0. The summed E-state index contributed by atoms with van der Waals surface area (Å²) in [6.07, 6.45) is 0. The van der Waals surface area contributed by atoms with Crippen LogP contribution in [-0.4, -0.2) is 43.1 Å². The number of halogens is 1. The van der Waals surface area contributed by atoms with Crippen LogP contribution in [0.3, 0.4) is 0 Å². The van der Waals surface area contributed by atoms with Crippen LogP contribution in [-0.2, 0) is 4.79 Å². The number of carbonyl (C=O) groups is 1. The van der Waals surface area contributed by atoms with Gasteiger partial charge in [-0.2, -0.15) is 0 Å². The minimum Gasteiger partial charge on any atom is -0.484 e. The largest absolute Gasteiger partial charge is 0.484 e. The first-order valence-corrected chi connectivity index (χ1v) is 6.42. The standard InChI is InChI=1S/C13H17ClN2O2/c1-10-8-16(7-6-15-10)13(17)9-18-12-4-2-11(14)3-5-12/h2-5,10,15H,6-9H2,1H3/t10-/m0/s1. The van der Waals surface area contributed by atoms with E-state index < -0.39 is 0 Å². The number of benzene rings is 1. The number of hydrogen-bond donors (Lipinski definition) is 1. The zero-order valence-corrected chi connectivity index (χ0v) is 11.1. The summed E-state index contributed by atoms with van der Waals surface area (Å²) in [5.74, 6) is 0.689. The second-order valence-electron chi connectivity index (χ2n) is 4.44. The molecule has 1 saturated heterocycles. The molecule has 0 spiro atoms. The van der Waals surface area contributed by atoms with Crippen LogP contribution in [0, 0.1) is 0 Å². The fourth-order valence-corrected chi connectivity index (χ4v) is 2.05. The summed E-state index contributed by atoms with van der Waals surface area (Å²) >= 11 is 5.77. The topological polar surface area (TPSA) is 41.6 Å². The number of piperazine rings is 1. The van der Waals surface area contributed by atoms with Gasteiger partial charge in [0.2, 0.25) is 0 Å². The van der Waals surface area contributed by atoms with Crippen molar-refractivity contribution in [3.05, 3.63) is 29.3 Å². The van der Waals surface area contributed by atoms with Gasteiger partial charge in [-0.25, -0.2) is 0 Å². The molecular weight excluding hydrogens is 252 g/mol. The fraction of sp³-hybridized carbons (Fsp3) is 0.462. The van der Waals surface area contributed by atoms with E-state index in [1.807, 2.05) is 4.90 Å². The molecule has 18 heavy (non-hydrogen) atoms. The summed E-state index contributed by atoms with van der Waals surface area (Å²) in [5, 5.41) is 3.95. The van der Waals surface area contributed by atoms with E-state index in [4.69, 9.17) is 16.3 Å². The Morgan fingerprint density at radius 3 is 2.89 bits per heavy atom. The molecule has 0 aromatic heterocycles.